The molecule has 2 aromatic heterocycles. The van der Waals surface area contributed by atoms with Crippen LogP contribution >= 0.6 is 0 Å². The molecule has 7 heteroatoms. The number of rotatable bonds is 4. The summed E-state index contributed by atoms with van der Waals surface area (Å²) in [5.41, 5.74) is 2.64. The number of nitrogens with one attached hydrogen (secondary N) is 1. The minimum atomic E-state index is -0.549. The van der Waals surface area contributed by atoms with E-state index in [0.717, 1.165) is 5.69 Å². The molecule has 0 atom stereocenters. The molecule has 0 saturated heterocycles. The maximum Gasteiger partial charge on any atom is 0.420 e. The van der Waals surface area contributed by atoms with Gasteiger partial charge >= 0.3 is 5.76 Å². The van der Waals surface area contributed by atoms with Crippen LogP contribution < -0.4 is 11.1 Å². The number of oxazole rings is 1. The monoisotopic (exact) mass is 334 g/mol. The molecule has 0 aliphatic carbocycles. The number of hydrogen-bond acceptors (Lipinski definition) is 4. The van der Waals surface area contributed by atoms with Crippen molar-refractivity contribution in [2.45, 2.75) is 6.54 Å². The van der Waals surface area contributed by atoms with Crippen molar-refractivity contribution in [3.8, 4) is 5.69 Å². The number of para-hydroxylation sites is 2. The molecule has 0 radical (unpaired) electrons. The van der Waals surface area contributed by atoms with Gasteiger partial charge in [0.25, 0.3) is 0 Å². The van der Waals surface area contributed by atoms with E-state index < -0.39 is 5.76 Å². The van der Waals surface area contributed by atoms with Gasteiger partial charge in [-0.2, -0.15) is 0 Å². The molecule has 0 saturated carbocycles. The Balaban J connectivity index is 1.50. The standard InChI is InChI=1S/C18H14N4O3/c23-17(11-22-15-3-1-2-4-16(15)25-18(22)24)20-13-5-7-14(8-6-13)21-10-9-19-12-21/h1-10,12H,11H2,(H,20,23). The summed E-state index contributed by atoms with van der Waals surface area (Å²) in [7, 11) is 0. The van der Waals surface area contributed by atoms with Gasteiger partial charge in [-0.15, -0.1) is 0 Å². The highest BCUT2D eigenvalue weighted by Gasteiger charge is 2.12. The largest absolute Gasteiger partial charge is 0.420 e. The summed E-state index contributed by atoms with van der Waals surface area (Å²) in [6.07, 6.45) is 5.23. The second kappa shape index (κ2) is 6.12. The van der Waals surface area contributed by atoms with Crippen LogP contribution in [0.4, 0.5) is 5.69 Å². The highest BCUT2D eigenvalue weighted by molar-refractivity contribution is 5.91. The number of benzene rings is 2. The van der Waals surface area contributed by atoms with Gasteiger partial charge in [0.15, 0.2) is 5.58 Å². The zero-order chi connectivity index (χ0) is 17.2. The Labute approximate surface area is 142 Å². The van der Waals surface area contributed by atoms with Gasteiger partial charge in [0.1, 0.15) is 6.54 Å². The molecule has 1 amide bonds. The Morgan fingerprint density at radius 1 is 1.12 bits per heavy atom. The lowest BCUT2D eigenvalue weighted by Gasteiger charge is -2.07. The van der Waals surface area contributed by atoms with E-state index in [4.69, 9.17) is 4.42 Å². The van der Waals surface area contributed by atoms with Crippen molar-refractivity contribution in [2.75, 3.05) is 5.32 Å². The molecular formula is C18H14N4O3. The summed E-state index contributed by atoms with van der Waals surface area (Å²) < 4.78 is 8.30. The maximum atomic E-state index is 12.3. The van der Waals surface area contributed by atoms with Crippen LogP contribution in [0.15, 0.2) is 76.5 Å². The first kappa shape index (κ1) is 14.9. The minimum Gasteiger partial charge on any atom is -0.408 e. The summed E-state index contributed by atoms with van der Waals surface area (Å²) in [4.78, 5) is 28.2. The smallest absolute Gasteiger partial charge is 0.408 e. The first-order valence-electron chi connectivity index (χ1n) is 7.67. The first-order valence-corrected chi connectivity index (χ1v) is 7.67. The van der Waals surface area contributed by atoms with Crippen LogP contribution in [0.2, 0.25) is 0 Å². The molecule has 7 nitrogen and oxygen atoms in total. The predicted molar refractivity (Wildman–Crippen MR) is 92.7 cm³/mol. The fourth-order valence-corrected chi connectivity index (χ4v) is 2.64. The van der Waals surface area contributed by atoms with E-state index in [2.05, 4.69) is 10.3 Å². The van der Waals surface area contributed by atoms with Crippen molar-refractivity contribution < 1.29 is 9.21 Å². The van der Waals surface area contributed by atoms with Gasteiger partial charge in [-0.3, -0.25) is 9.36 Å². The second-order valence-electron chi connectivity index (χ2n) is 5.49. The van der Waals surface area contributed by atoms with E-state index in [9.17, 15) is 9.59 Å². The third-order valence-electron chi connectivity index (χ3n) is 3.83. The molecule has 0 aliphatic rings. The van der Waals surface area contributed by atoms with Crippen molar-refractivity contribution in [3.63, 3.8) is 0 Å². The number of amides is 1. The van der Waals surface area contributed by atoms with E-state index in [0.29, 0.717) is 16.8 Å². The average molecular weight is 334 g/mol. The van der Waals surface area contributed by atoms with Gasteiger partial charge in [-0.05, 0) is 36.4 Å². The lowest BCUT2D eigenvalue weighted by Crippen LogP contribution is -2.24. The molecule has 0 unspecified atom stereocenters. The van der Waals surface area contributed by atoms with Gasteiger partial charge in [-0.25, -0.2) is 9.78 Å². The molecule has 4 rings (SSSR count). The summed E-state index contributed by atoms with van der Waals surface area (Å²) in [5, 5.41) is 2.78. The molecule has 0 bridgehead atoms. The van der Waals surface area contributed by atoms with Crippen molar-refractivity contribution in [1.82, 2.24) is 14.1 Å². The molecule has 0 fully saturated rings. The Morgan fingerprint density at radius 3 is 2.68 bits per heavy atom. The number of nitrogens with zero attached hydrogens (tertiary/aromatic N) is 3. The van der Waals surface area contributed by atoms with E-state index >= 15 is 0 Å². The third-order valence-corrected chi connectivity index (χ3v) is 3.83. The quantitative estimate of drug-likeness (QED) is 0.621. The van der Waals surface area contributed by atoms with E-state index in [1.54, 1.807) is 48.9 Å². The van der Waals surface area contributed by atoms with E-state index in [-0.39, 0.29) is 12.5 Å². The molecule has 0 spiro atoms. The number of imidazole rings is 1. The van der Waals surface area contributed by atoms with E-state index in [1.807, 2.05) is 22.9 Å². The Kier molecular flexibility index (Phi) is 3.66. The summed E-state index contributed by atoms with van der Waals surface area (Å²) in [5.74, 6) is -0.851. The SMILES string of the molecule is O=C(Cn1c(=O)oc2ccccc21)Nc1ccc(-n2ccnc2)cc1. The minimum absolute atomic E-state index is 0.112. The van der Waals surface area contributed by atoms with Crippen LogP contribution in [0.5, 0.6) is 0 Å². The number of fused-ring (bicyclic) bond motifs is 1. The summed E-state index contributed by atoms with van der Waals surface area (Å²) in [6.45, 7) is -0.112. The normalized spacial score (nSPS) is 10.9. The van der Waals surface area contributed by atoms with Crippen molar-refractivity contribution >= 4 is 22.7 Å². The van der Waals surface area contributed by atoms with Gasteiger partial charge in [0.05, 0.1) is 11.8 Å². The Hall–Kier alpha value is -3.61. The molecule has 2 aromatic carbocycles. The maximum absolute atomic E-state index is 12.3. The third kappa shape index (κ3) is 2.94. The van der Waals surface area contributed by atoms with Crippen molar-refractivity contribution in [2.24, 2.45) is 0 Å². The predicted octanol–water partition coefficient (Wildman–Crippen LogP) is 2.42. The van der Waals surface area contributed by atoms with Crippen LogP contribution in [0.1, 0.15) is 0 Å². The zero-order valence-electron chi connectivity index (χ0n) is 13.1. The van der Waals surface area contributed by atoms with Crippen LogP contribution in [0, 0.1) is 0 Å². The number of carbonyl (C=O) groups excluding carboxylic acids is 1. The lowest BCUT2D eigenvalue weighted by atomic mass is 10.2. The fraction of sp³-hybridized carbons (Fsp3) is 0.0556. The topological polar surface area (TPSA) is 82.1 Å². The molecular weight excluding hydrogens is 320 g/mol. The average Bonchev–Trinajstić information content (AvgIpc) is 3.25. The molecule has 4 aromatic rings. The number of hydrogen-bond donors (Lipinski definition) is 1. The van der Waals surface area contributed by atoms with E-state index in [1.165, 1.54) is 4.57 Å². The molecule has 124 valence electrons. The molecule has 25 heavy (non-hydrogen) atoms. The number of anilines is 1. The second-order valence-corrected chi connectivity index (χ2v) is 5.49. The lowest BCUT2D eigenvalue weighted by molar-refractivity contribution is -0.116. The van der Waals surface area contributed by atoms with Gasteiger partial charge < -0.3 is 14.3 Å². The van der Waals surface area contributed by atoms with Gasteiger partial charge in [0, 0.05) is 23.8 Å². The van der Waals surface area contributed by atoms with Crippen molar-refractivity contribution in [3.05, 3.63) is 77.8 Å². The highest BCUT2D eigenvalue weighted by atomic mass is 16.4. The van der Waals surface area contributed by atoms with Crippen LogP contribution in [-0.4, -0.2) is 20.0 Å². The molecule has 1 N–H and O–H groups in total. The molecule has 2 heterocycles. The van der Waals surface area contributed by atoms with Gasteiger partial charge in [-0.1, -0.05) is 12.1 Å². The summed E-state index contributed by atoms with van der Waals surface area (Å²) >= 11 is 0. The number of carbonyl (C=O) groups is 1. The Morgan fingerprint density at radius 2 is 1.92 bits per heavy atom. The van der Waals surface area contributed by atoms with Crippen molar-refractivity contribution in [1.29, 1.82) is 0 Å². The number of aromatic nitrogens is 3. The van der Waals surface area contributed by atoms with Gasteiger partial charge in [0.2, 0.25) is 5.91 Å². The zero-order valence-corrected chi connectivity index (χ0v) is 13.1. The van der Waals surface area contributed by atoms with Crippen LogP contribution in [0.3, 0.4) is 0 Å². The first-order chi connectivity index (χ1) is 12.2. The Bertz CT molecular complexity index is 1080. The molecule has 0 aliphatic heterocycles. The fourth-order valence-electron chi connectivity index (χ4n) is 2.64. The van der Waals surface area contributed by atoms with Crippen LogP contribution in [-0.2, 0) is 11.3 Å². The highest BCUT2D eigenvalue weighted by Crippen LogP contribution is 2.14. The summed E-state index contributed by atoms with van der Waals surface area (Å²) in [6, 6.07) is 14.3. The van der Waals surface area contributed by atoms with Crippen LogP contribution in [0.25, 0.3) is 16.8 Å².